The van der Waals surface area contributed by atoms with Crippen LogP contribution in [0.2, 0.25) is 0 Å². The van der Waals surface area contributed by atoms with Crippen molar-refractivity contribution in [1.82, 2.24) is 0 Å². The van der Waals surface area contributed by atoms with E-state index in [0.29, 0.717) is 6.61 Å². The van der Waals surface area contributed by atoms with Crippen LogP contribution in [0.25, 0.3) is 0 Å². The van der Waals surface area contributed by atoms with Crippen molar-refractivity contribution in [2.24, 2.45) is 0 Å². The number of esters is 1. The standard InChI is InChI=1S/C47H87O9P/c1-3-5-7-9-11-13-15-17-19-20-21-22-23-24-25-27-29-31-33-35-37-39-47(50)56-46(44-55-57(51,52)54-42-45(49)41-48)43-53-40-38-36-34-32-30-28-26-18-16-14-12-10-8-6-4-2/h10,12,15-18,20-21,45-46,48-49H,3-9,11,13-14,19,22-44H2,1-2H3,(H,51,52)/b12-10-,17-15-,18-16-,21-20-. The third kappa shape index (κ3) is 43.8. The van der Waals surface area contributed by atoms with Crippen LogP contribution in [0.15, 0.2) is 48.6 Å². The van der Waals surface area contributed by atoms with Crippen molar-refractivity contribution in [3.8, 4) is 0 Å². The number of ether oxygens (including phenoxy) is 2. The molecule has 0 aliphatic carbocycles. The fourth-order valence-corrected chi connectivity index (χ4v) is 6.96. The Labute approximate surface area is 349 Å². The summed E-state index contributed by atoms with van der Waals surface area (Å²) in [5, 5.41) is 18.4. The van der Waals surface area contributed by atoms with E-state index >= 15 is 0 Å². The van der Waals surface area contributed by atoms with Crippen molar-refractivity contribution in [2.75, 3.05) is 33.0 Å². The molecule has 0 spiro atoms. The predicted octanol–water partition coefficient (Wildman–Crippen LogP) is 13.0. The van der Waals surface area contributed by atoms with Gasteiger partial charge in [-0.3, -0.25) is 13.8 Å². The highest BCUT2D eigenvalue weighted by atomic mass is 31.2. The van der Waals surface area contributed by atoms with E-state index in [4.69, 9.17) is 23.6 Å². The van der Waals surface area contributed by atoms with Gasteiger partial charge in [0.25, 0.3) is 0 Å². The molecular weight excluding hydrogens is 739 g/mol. The number of phosphoric ester groups is 1. The normalized spacial score (nSPS) is 14.4. The minimum atomic E-state index is -4.52. The Morgan fingerprint density at radius 2 is 0.965 bits per heavy atom. The second kappa shape index (κ2) is 44.0. The fourth-order valence-electron chi connectivity index (χ4n) is 6.17. The highest BCUT2D eigenvalue weighted by Gasteiger charge is 2.26. The highest BCUT2D eigenvalue weighted by molar-refractivity contribution is 7.47. The third-order valence-electron chi connectivity index (χ3n) is 9.74. The van der Waals surface area contributed by atoms with Gasteiger partial charge in [0.1, 0.15) is 12.2 Å². The van der Waals surface area contributed by atoms with Gasteiger partial charge < -0.3 is 24.6 Å². The molecule has 0 rings (SSSR count). The van der Waals surface area contributed by atoms with Crippen LogP contribution in [0, 0.1) is 0 Å². The van der Waals surface area contributed by atoms with E-state index in [1.165, 1.54) is 116 Å². The third-order valence-corrected chi connectivity index (χ3v) is 10.7. The smallest absolute Gasteiger partial charge is 0.457 e. The molecule has 3 N–H and O–H groups in total. The molecule has 0 aromatic rings. The van der Waals surface area contributed by atoms with Crippen molar-refractivity contribution in [1.29, 1.82) is 0 Å². The fraction of sp³-hybridized carbons (Fsp3) is 0.809. The number of aliphatic hydroxyl groups excluding tert-OH is 2. The average Bonchev–Trinajstić information content (AvgIpc) is 3.20. The van der Waals surface area contributed by atoms with Gasteiger partial charge in [-0.2, -0.15) is 0 Å². The maximum atomic E-state index is 12.6. The summed E-state index contributed by atoms with van der Waals surface area (Å²) >= 11 is 0. The molecule has 0 saturated carbocycles. The molecule has 9 nitrogen and oxygen atoms in total. The van der Waals surface area contributed by atoms with E-state index in [2.05, 4.69) is 62.5 Å². The molecule has 3 unspecified atom stereocenters. The van der Waals surface area contributed by atoms with Gasteiger partial charge in [0.15, 0.2) is 0 Å². The summed E-state index contributed by atoms with van der Waals surface area (Å²) in [6.45, 7) is 3.45. The molecule has 10 heteroatoms. The first-order valence-corrected chi connectivity index (χ1v) is 24.6. The van der Waals surface area contributed by atoms with Gasteiger partial charge in [-0.05, 0) is 70.6 Å². The monoisotopic (exact) mass is 827 g/mol. The first-order valence-electron chi connectivity index (χ1n) is 23.1. The van der Waals surface area contributed by atoms with E-state index in [9.17, 15) is 19.4 Å². The Morgan fingerprint density at radius 3 is 1.46 bits per heavy atom. The lowest BCUT2D eigenvalue weighted by atomic mass is 10.1. The summed E-state index contributed by atoms with van der Waals surface area (Å²) in [5.74, 6) is -0.391. The number of hydrogen-bond acceptors (Lipinski definition) is 8. The van der Waals surface area contributed by atoms with Crippen LogP contribution < -0.4 is 0 Å². The Bertz CT molecular complexity index is 1030. The number of carbonyl (C=O) groups excluding carboxylic acids is 1. The molecule has 0 aliphatic rings. The zero-order valence-electron chi connectivity index (χ0n) is 36.6. The Morgan fingerprint density at radius 1 is 0.544 bits per heavy atom. The van der Waals surface area contributed by atoms with Crippen molar-refractivity contribution >= 4 is 13.8 Å². The second-order valence-electron chi connectivity index (χ2n) is 15.4. The minimum Gasteiger partial charge on any atom is -0.457 e. The SMILES string of the molecule is CCCC/C=C\C/C=C\CCCCCCCCOCC(COP(=O)(O)OCC(O)CO)OC(=O)CCCCCCCCCCC/C=C\C/C=C\CCCCCCC. The number of allylic oxidation sites excluding steroid dienone is 8. The molecule has 0 aromatic heterocycles. The Hall–Kier alpha value is -1.58. The van der Waals surface area contributed by atoms with Gasteiger partial charge >= 0.3 is 13.8 Å². The summed E-state index contributed by atoms with van der Waals surface area (Å²) in [7, 11) is -4.52. The number of phosphoric acid groups is 1. The zero-order chi connectivity index (χ0) is 41.8. The van der Waals surface area contributed by atoms with E-state index in [1.807, 2.05) is 0 Å². The quantitative estimate of drug-likeness (QED) is 0.0238. The van der Waals surface area contributed by atoms with Crippen LogP contribution in [0.5, 0.6) is 0 Å². The van der Waals surface area contributed by atoms with Gasteiger partial charge in [-0.25, -0.2) is 4.57 Å². The number of hydrogen-bond donors (Lipinski definition) is 3. The Balaban J connectivity index is 4.14. The molecule has 334 valence electrons. The summed E-state index contributed by atoms with van der Waals surface area (Å²) in [5.41, 5.74) is 0. The van der Waals surface area contributed by atoms with Crippen LogP contribution in [0.3, 0.4) is 0 Å². The molecule has 3 atom stereocenters. The van der Waals surface area contributed by atoms with Crippen molar-refractivity contribution in [2.45, 2.75) is 212 Å². The van der Waals surface area contributed by atoms with Crippen molar-refractivity contribution in [3.63, 3.8) is 0 Å². The molecular formula is C47H87O9P. The van der Waals surface area contributed by atoms with Gasteiger partial charge in [0.2, 0.25) is 0 Å². The topological polar surface area (TPSA) is 132 Å². The predicted molar refractivity (Wildman–Crippen MR) is 237 cm³/mol. The molecule has 0 saturated heterocycles. The molecule has 0 bridgehead atoms. The van der Waals surface area contributed by atoms with Gasteiger partial charge in [-0.1, -0.05) is 172 Å². The average molecular weight is 827 g/mol. The van der Waals surface area contributed by atoms with E-state index in [-0.39, 0.29) is 19.6 Å². The molecule has 0 heterocycles. The van der Waals surface area contributed by atoms with Crippen LogP contribution in [-0.4, -0.2) is 66.3 Å². The summed E-state index contributed by atoms with van der Waals surface area (Å²) in [6.07, 6.45) is 49.2. The molecule has 0 radical (unpaired) electrons. The lowest BCUT2D eigenvalue weighted by Gasteiger charge is -2.20. The van der Waals surface area contributed by atoms with Crippen LogP contribution in [0.4, 0.5) is 0 Å². The lowest BCUT2D eigenvalue weighted by molar-refractivity contribution is -0.154. The van der Waals surface area contributed by atoms with Gasteiger partial charge in [0.05, 0.1) is 26.4 Å². The van der Waals surface area contributed by atoms with Crippen molar-refractivity contribution < 1.29 is 43.0 Å². The van der Waals surface area contributed by atoms with E-state index in [1.54, 1.807) is 0 Å². The lowest BCUT2D eigenvalue weighted by Crippen LogP contribution is -2.29. The molecule has 0 aliphatic heterocycles. The number of rotatable bonds is 44. The molecule has 0 amide bonds. The maximum Gasteiger partial charge on any atom is 0.472 e. The Kier molecular flexibility index (Phi) is 42.8. The second-order valence-corrected chi connectivity index (χ2v) is 16.9. The van der Waals surface area contributed by atoms with Gasteiger partial charge in [-0.15, -0.1) is 0 Å². The summed E-state index contributed by atoms with van der Waals surface area (Å²) < 4.78 is 33.4. The zero-order valence-corrected chi connectivity index (χ0v) is 37.4. The summed E-state index contributed by atoms with van der Waals surface area (Å²) in [6, 6.07) is 0. The number of carbonyl (C=O) groups is 1. The van der Waals surface area contributed by atoms with Crippen LogP contribution in [0.1, 0.15) is 200 Å². The van der Waals surface area contributed by atoms with Crippen molar-refractivity contribution in [3.05, 3.63) is 48.6 Å². The first kappa shape index (κ1) is 55.4. The number of aliphatic hydroxyl groups is 2. The largest absolute Gasteiger partial charge is 0.472 e. The van der Waals surface area contributed by atoms with Crippen LogP contribution >= 0.6 is 7.82 Å². The maximum absolute atomic E-state index is 12.6. The van der Waals surface area contributed by atoms with E-state index < -0.39 is 39.2 Å². The molecule has 0 fully saturated rings. The van der Waals surface area contributed by atoms with Crippen LogP contribution in [-0.2, 0) is 27.9 Å². The van der Waals surface area contributed by atoms with E-state index in [0.717, 1.165) is 64.2 Å². The first-order chi connectivity index (χ1) is 27.8. The minimum absolute atomic E-state index is 0.0398. The highest BCUT2D eigenvalue weighted by Crippen LogP contribution is 2.43. The summed E-state index contributed by atoms with van der Waals surface area (Å²) in [4.78, 5) is 22.6. The molecule has 0 aromatic carbocycles. The van der Waals surface area contributed by atoms with Gasteiger partial charge in [0, 0.05) is 13.0 Å². The number of unbranched alkanes of at least 4 members (excludes halogenated alkanes) is 22. The molecule has 57 heavy (non-hydrogen) atoms.